The Morgan fingerprint density at radius 3 is 2.75 bits per heavy atom. The van der Waals surface area contributed by atoms with Crippen LogP contribution >= 0.6 is 0 Å². The Hall–Kier alpha value is -2.63. The zero-order chi connectivity index (χ0) is 20.1. The second kappa shape index (κ2) is 9.04. The van der Waals surface area contributed by atoms with Crippen LogP contribution in [0.4, 0.5) is 10.2 Å². The summed E-state index contributed by atoms with van der Waals surface area (Å²) < 4.78 is 26.0. The topological polar surface area (TPSA) is 51.7 Å². The molecule has 2 atom stereocenters. The number of rotatable bonds is 8. The molecule has 150 valence electrons. The Bertz CT molecular complexity index is 810. The van der Waals surface area contributed by atoms with Gasteiger partial charge in [0.1, 0.15) is 17.6 Å². The molecule has 1 saturated heterocycles. The molecule has 5 nitrogen and oxygen atoms in total. The SMILES string of the molecule is CCOc1ccnc(N2CC[C@@H](Oc3ccc([C@H](C)CC(C)=O)cc3)C2)c1F. The number of carbonyl (C=O) groups is 1. The van der Waals surface area contributed by atoms with Crippen molar-refractivity contribution in [2.24, 2.45) is 0 Å². The lowest BCUT2D eigenvalue weighted by Gasteiger charge is -2.19. The summed E-state index contributed by atoms with van der Waals surface area (Å²) in [6.07, 6.45) is 2.87. The summed E-state index contributed by atoms with van der Waals surface area (Å²) in [6.45, 7) is 7.14. The first-order valence-electron chi connectivity index (χ1n) is 9.76. The van der Waals surface area contributed by atoms with Crippen LogP contribution in [0.2, 0.25) is 0 Å². The van der Waals surface area contributed by atoms with Gasteiger partial charge in [0.2, 0.25) is 5.82 Å². The van der Waals surface area contributed by atoms with Gasteiger partial charge in [0.25, 0.3) is 0 Å². The van der Waals surface area contributed by atoms with Crippen molar-refractivity contribution in [2.45, 2.75) is 45.6 Å². The van der Waals surface area contributed by atoms with Gasteiger partial charge >= 0.3 is 0 Å². The first kappa shape index (κ1) is 20.1. The van der Waals surface area contributed by atoms with Crippen LogP contribution in [0.25, 0.3) is 0 Å². The largest absolute Gasteiger partial charge is 0.491 e. The fraction of sp³-hybridized carbons (Fsp3) is 0.455. The number of hydrogen-bond acceptors (Lipinski definition) is 5. The van der Waals surface area contributed by atoms with E-state index in [1.165, 1.54) is 0 Å². The normalized spacial score (nSPS) is 17.4. The number of halogens is 1. The Morgan fingerprint density at radius 1 is 1.32 bits per heavy atom. The van der Waals surface area contributed by atoms with Gasteiger partial charge in [0.15, 0.2) is 11.6 Å². The zero-order valence-electron chi connectivity index (χ0n) is 16.7. The molecule has 3 rings (SSSR count). The monoisotopic (exact) mass is 386 g/mol. The maximum atomic E-state index is 14.6. The quantitative estimate of drug-likeness (QED) is 0.675. The van der Waals surface area contributed by atoms with Crippen LogP contribution in [0.15, 0.2) is 36.5 Å². The van der Waals surface area contributed by atoms with Gasteiger partial charge in [0.05, 0.1) is 13.2 Å². The van der Waals surface area contributed by atoms with Crippen molar-refractivity contribution in [2.75, 3.05) is 24.6 Å². The number of ether oxygens (including phenoxy) is 2. The van der Waals surface area contributed by atoms with Gasteiger partial charge in [-0.15, -0.1) is 0 Å². The third-order valence-electron chi connectivity index (χ3n) is 4.93. The van der Waals surface area contributed by atoms with E-state index in [2.05, 4.69) is 4.98 Å². The van der Waals surface area contributed by atoms with Crippen molar-refractivity contribution in [3.8, 4) is 11.5 Å². The van der Waals surface area contributed by atoms with Crippen molar-refractivity contribution < 1.29 is 18.7 Å². The average molecular weight is 386 g/mol. The number of aromatic nitrogens is 1. The van der Waals surface area contributed by atoms with E-state index in [9.17, 15) is 9.18 Å². The highest BCUT2D eigenvalue weighted by Gasteiger charge is 2.28. The fourth-order valence-corrected chi connectivity index (χ4v) is 3.54. The number of hydrogen-bond donors (Lipinski definition) is 0. The molecule has 6 heteroatoms. The van der Waals surface area contributed by atoms with Gasteiger partial charge in [-0.05, 0) is 37.5 Å². The van der Waals surface area contributed by atoms with E-state index in [1.54, 1.807) is 19.2 Å². The minimum Gasteiger partial charge on any atom is -0.491 e. The van der Waals surface area contributed by atoms with E-state index in [0.29, 0.717) is 31.9 Å². The van der Waals surface area contributed by atoms with Crippen LogP contribution in [-0.2, 0) is 4.79 Å². The Morgan fingerprint density at radius 2 is 2.07 bits per heavy atom. The van der Waals surface area contributed by atoms with E-state index in [-0.39, 0.29) is 23.6 Å². The van der Waals surface area contributed by atoms with Crippen LogP contribution in [0, 0.1) is 5.82 Å². The maximum Gasteiger partial charge on any atom is 0.207 e. The summed E-state index contributed by atoms with van der Waals surface area (Å²) in [5.74, 6) is 1.28. The summed E-state index contributed by atoms with van der Waals surface area (Å²) in [5, 5.41) is 0. The van der Waals surface area contributed by atoms with Gasteiger partial charge in [0, 0.05) is 31.6 Å². The predicted octanol–water partition coefficient (Wildman–Crippen LogP) is 4.36. The Kier molecular flexibility index (Phi) is 6.49. The standard InChI is InChI=1S/C22H27FN2O3/c1-4-27-20-9-11-24-22(21(20)23)25-12-10-19(14-25)28-18-7-5-17(6-8-18)15(2)13-16(3)26/h5-9,11,15,19H,4,10,12-14H2,1-3H3/t15-,19-/m1/s1. The molecule has 0 saturated carbocycles. The highest BCUT2D eigenvalue weighted by molar-refractivity contribution is 5.76. The molecule has 1 aliphatic rings. The number of ketones is 1. The maximum absolute atomic E-state index is 14.6. The van der Waals surface area contributed by atoms with Crippen molar-refractivity contribution >= 4 is 11.6 Å². The molecule has 1 aromatic heterocycles. The number of Topliss-reactive ketones (excluding diaryl/α,β-unsaturated/α-hetero) is 1. The molecule has 1 fully saturated rings. The summed E-state index contributed by atoms with van der Waals surface area (Å²) in [4.78, 5) is 17.4. The molecular formula is C22H27FN2O3. The molecule has 2 aromatic rings. The van der Waals surface area contributed by atoms with Crippen LogP contribution in [-0.4, -0.2) is 36.6 Å². The summed E-state index contributed by atoms with van der Waals surface area (Å²) >= 11 is 0. The van der Waals surface area contributed by atoms with Gasteiger partial charge < -0.3 is 19.2 Å². The van der Waals surface area contributed by atoms with Crippen LogP contribution < -0.4 is 14.4 Å². The van der Waals surface area contributed by atoms with Crippen molar-refractivity contribution in [3.63, 3.8) is 0 Å². The van der Waals surface area contributed by atoms with E-state index >= 15 is 0 Å². The Labute approximate surface area is 165 Å². The molecule has 0 radical (unpaired) electrons. The van der Waals surface area contributed by atoms with Gasteiger partial charge in [-0.3, -0.25) is 0 Å². The molecule has 1 aromatic carbocycles. The van der Waals surface area contributed by atoms with Crippen molar-refractivity contribution in [1.82, 2.24) is 4.98 Å². The van der Waals surface area contributed by atoms with E-state index in [4.69, 9.17) is 9.47 Å². The average Bonchev–Trinajstić information content (AvgIpc) is 3.12. The van der Waals surface area contributed by atoms with Crippen molar-refractivity contribution in [1.29, 1.82) is 0 Å². The van der Waals surface area contributed by atoms with E-state index < -0.39 is 5.82 Å². The minimum atomic E-state index is -0.422. The van der Waals surface area contributed by atoms with Gasteiger partial charge in [-0.1, -0.05) is 19.1 Å². The Balaban J connectivity index is 1.61. The molecule has 0 aliphatic carbocycles. The molecule has 0 spiro atoms. The summed E-state index contributed by atoms with van der Waals surface area (Å²) in [7, 11) is 0. The lowest BCUT2D eigenvalue weighted by molar-refractivity contribution is -0.117. The molecule has 0 amide bonds. The third-order valence-corrected chi connectivity index (χ3v) is 4.93. The second-order valence-electron chi connectivity index (χ2n) is 7.23. The van der Waals surface area contributed by atoms with E-state index in [0.717, 1.165) is 17.7 Å². The minimum absolute atomic E-state index is 0.0301. The third kappa shape index (κ3) is 4.80. The van der Waals surface area contributed by atoms with E-state index in [1.807, 2.05) is 43.0 Å². The number of carbonyl (C=O) groups excluding carboxylic acids is 1. The summed E-state index contributed by atoms with van der Waals surface area (Å²) in [5.41, 5.74) is 1.12. The molecular weight excluding hydrogens is 359 g/mol. The highest BCUT2D eigenvalue weighted by atomic mass is 19.1. The molecule has 0 unspecified atom stereocenters. The van der Waals surface area contributed by atoms with Gasteiger partial charge in [-0.2, -0.15) is 4.39 Å². The molecule has 2 heterocycles. The lowest BCUT2D eigenvalue weighted by Crippen LogP contribution is -2.26. The lowest BCUT2D eigenvalue weighted by atomic mass is 9.96. The molecule has 1 aliphatic heterocycles. The number of anilines is 1. The molecule has 0 N–H and O–H groups in total. The number of pyridine rings is 1. The smallest absolute Gasteiger partial charge is 0.207 e. The first-order chi connectivity index (χ1) is 13.5. The second-order valence-corrected chi connectivity index (χ2v) is 7.23. The molecule has 28 heavy (non-hydrogen) atoms. The zero-order valence-corrected chi connectivity index (χ0v) is 16.7. The van der Waals surface area contributed by atoms with Crippen LogP contribution in [0.1, 0.15) is 45.1 Å². The number of benzene rings is 1. The summed E-state index contributed by atoms with van der Waals surface area (Å²) in [6, 6.07) is 9.41. The van der Waals surface area contributed by atoms with Gasteiger partial charge in [-0.25, -0.2) is 4.98 Å². The van der Waals surface area contributed by atoms with Crippen LogP contribution in [0.5, 0.6) is 11.5 Å². The number of nitrogens with zero attached hydrogens (tertiary/aromatic N) is 2. The first-order valence-corrected chi connectivity index (χ1v) is 9.76. The predicted molar refractivity (Wildman–Crippen MR) is 107 cm³/mol. The molecule has 0 bridgehead atoms. The van der Waals surface area contributed by atoms with Crippen molar-refractivity contribution in [3.05, 3.63) is 47.9 Å². The van der Waals surface area contributed by atoms with Crippen LogP contribution in [0.3, 0.4) is 0 Å². The highest BCUT2D eigenvalue weighted by Crippen LogP contribution is 2.29. The fourth-order valence-electron chi connectivity index (χ4n) is 3.54.